The maximum Gasteiger partial charge on any atom is 0.280 e. The van der Waals surface area contributed by atoms with Crippen molar-refractivity contribution in [1.82, 2.24) is 10.4 Å². The molecule has 1 aliphatic rings. The van der Waals surface area contributed by atoms with Gasteiger partial charge in [0.05, 0.1) is 4.91 Å². The van der Waals surface area contributed by atoms with Crippen LogP contribution < -0.4 is 5.43 Å². The highest BCUT2D eigenvalue weighted by Gasteiger charge is 2.31. The van der Waals surface area contributed by atoms with E-state index in [1.54, 1.807) is 0 Å². The summed E-state index contributed by atoms with van der Waals surface area (Å²) < 4.78 is 1.56. The van der Waals surface area contributed by atoms with Gasteiger partial charge in [0, 0.05) is 11.0 Å². The van der Waals surface area contributed by atoms with E-state index in [1.807, 2.05) is 37.3 Å². The lowest BCUT2D eigenvalue weighted by Gasteiger charge is -2.13. The summed E-state index contributed by atoms with van der Waals surface area (Å²) in [5.41, 5.74) is 3.92. The van der Waals surface area contributed by atoms with Gasteiger partial charge in [0.25, 0.3) is 5.91 Å². The van der Waals surface area contributed by atoms with Crippen LogP contribution in [0.5, 0.6) is 0 Å². The van der Waals surface area contributed by atoms with Crippen LogP contribution >= 0.6 is 39.9 Å². The summed E-state index contributed by atoms with van der Waals surface area (Å²) >= 11 is 9.85. The van der Waals surface area contributed by atoms with Crippen LogP contribution in [-0.4, -0.2) is 21.8 Å². The maximum atomic E-state index is 12.1. The van der Waals surface area contributed by atoms with Gasteiger partial charge in [0.2, 0.25) is 0 Å². The molecule has 2 rings (SSSR count). The number of nitrogens with zero attached hydrogens (tertiary/aromatic N) is 1. The van der Waals surface area contributed by atoms with E-state index in [0.717, 1.165) is 10.0 Å². The standard InChI is InChI=1S/C12H11BrN2OS2/c1-2-14-15-11(16)10(18-12(15)17)7-8-3-5-9(13)6-4-8/h3-7,14H,2H2,1H3/b10-7+. The zero-order chi connectivity index (χ0) is 13.1. The number of carbonyl (C=O) groups is 1. The minimum Gasteiger partial charge on any atom is -0.267 e. The van der Waals surface area contributed by atoms with Crippen LogP contribution in [0, 0.1) is 0 Å². The molecule has 94 valence electrons. The number of hydrazine groups is 1. The molecular weight excluding hydrogens is 332 g/mol. The molecule has 0 aromatic heterocycles. The second-order valence-corrected chi connectivity index (χ2v) is 6.17. The fraction of sp³-hybridized carbons (Fsp3) is 0.167. The van der Waals surface area contributed by atoms with E-state index < -0.39 is 0 Å². The Kier molecular flexibility index (Phi) is 4.55. The molecule has 0 bridgehead atoms. The van der Waals surface area contributed by atoms with Gasteiger partial charge in [0.15, 0.2) is 4.32 Å². The van der Waals surface area contributed by atoms with Crippen molar-refractivity contribution in [1.29, 1.82) is 0 Å². The SMILES string of the molecule is CCNN1C(=O)/C(=C\c2ccc(Br)cc2)SC1=S. The molecule has 0 spiro atoms. The van der Waals surface area contributed by atoms with E-state index in [2.05, 4.69) is 21.4 Å². The molecule has 0 unspecified atom stereocenters. The van der Waals surface area contributed by atoms with Gasteiger partial charge in [-0.15, -0.1) is 0 Å². The van der Waals surface area contributed by atoms with E-state index in [4.69, 9.17) is 12.2 Å². The summed E-state index contributed by atoms with van der Waals surface area (Å²) in [5, 5.41) is 1.42. The predicted octanol–water partition coefficient (Wildman–Crippen LogP) is 3.17. The Balaban J connectivity index is 2.22. The van der Waals surface area contributed by atoms with E-state index >= 15 is 0 Å². The average Bonchev–Trinajstić information content (AvgIpc) is 2.60. The van der Waals surface area contributed by atoms with E-state index in [0.29, 0.717) is 15.8 Å². The van der Waals surface area contributed by atoms with Crippen molar-refractivity contribution in [2.24, 2.45) is 0 Å². The first-order valence-electron chi connectivity index (χ1n) is 5.39. The van der Waals surface area contributed by atoms with Crippen molar-refractivity contribution in [3.63, 3.8) is 0 Å². The van der Waals surface area contributed by atoms with Gasteiger partial charge in [-0.3, -0.25) is 4.79 Å². The summed E-state index contributed by atoms with van der Waals surface area (Å²) in [7, 11) is 0. The Bertz CT molecular complexity index is 513. The molecule has 18 heavy (non-hydrogen) atoms. The first kappa shape index (κ1) is 13.7. The number of amides is 1. The Morgan fingerprint density at radius 3 is 2.72 bits per heavy atom. The molecule has 1 fully saturated rings. The van der Waals surface area contributed by atoms with Gasteiger partial charge in [0.1, 0.15) is 0 Å². The Morgan fingerprint density at radius 2 is 2.11 bits per heavy atom. The first-order valence-corrected chi connectivity index (χ1v) is 7.40. The van der Waals surface area contributed by atoms with Crippen LogP contribution in [0.15, 0.2) is 33.6 Å². The lowest BCUT2D eigenvalue weighted by atomic mass is 10.2. The van der Waals surface area contributed by atoms with Crippen molar-refractivity contribution >= 4 is 56.2 Å². The molecular formula is C12H11BrN2OS2. The first-order chi connectivity index (χ1) is 8.61. The molecule has 1 aromatic rings. The fourth-order valence-corrected chi connectivity index (χ4v) is 2.95. The third kappa shape index (κ3) is 3.00. The van der Waals surface area contributed by atoms with Crippen molar-refractivity contribution in [2.45, 2.75) is 6.92 Å². The van der Waals surface area contributed by atoms with E-state index in [1.165, 1.54) is 16.8 Å². The summed E-state index contributed by atoms with van der Waals surface area (Å²) in [4.78, 5) is 12.7. The monoisotopic (exact) mass is 342 g/mol. The van der Waals surface area contributed by atoms with Crippen LogP contribution in [0.4, 0.5) is 0 Å². The van der Waals surface area contributed by atoms with Crippen LogP contribution in [0.1, 0.15) is 12.5 Å². The van der Waals surface area contributed by atoms with Crippen molar-refractivity contribution in [3.05, 3.63) is 39.2 Å². The number of carbonyl (C=O) groups excluding carboxylic acids is 1. The minimum absolute atomic E-state index is 0.0882. The maximum absolute atomic E-state index is 12.1. The summed E-state index contributed by atoms with van der Waals surface area (Å²) in [5.74, 6) is -0.0882. The van der Waals surface area contributed by atoms with Gasteiger partial charge in [-0.05, 0) is 23.8 Å². The zero-order valence-electron chi connectivity index (χ0n) is 9.64. The molecule has 1 aliphatic heterocycles. The Labute approximate surface area is 124 Å². The average molecular weight is 343 g/mol. The molecule has 1 saturated heterocycles. The normalized spacial score (nSPS) is 17.9. The fourth-order valence-electron chi connectivity index (χ4n) is 1.47. The molecule has 1 N–H and O–H groups in total. The molecule has 1 aromatic carbocycles. The lowest BCUT2D eigenvalue weighted by Crippen LogP contribution is -2.40. The highest BCUT2D eigenvalue weighted by Crippen LogP contribution is 2.31. The minimum atomic E-state index is -0.0882. The number of hydrogen-bond acceptors (Lipinski definition) is 4. The highest BCUT2D eigenvalue weighted by atomic mass is 79.9. The molecule has 6 heteroatoms. The highest BCUT2D eigenvalue weighted by molar-refractivity contribution is 9.10. The van der Waals surface area contributed by atoms with Crippen LogP contribution in [0.3, 0.4) is 0 Å². The number of hydrogen-bond donors (Lipinski definition) is 1. The molecule has 1 amide bonds. The van der Waals surface area contributed by atoms with Crippen LogP contribution in [0.2, 0.25) is 0 Å². The lowest BCUT2D eigenvalue weighted by molar-refractivity contribution is -0.124. The molecule has 0 aliphatic carbocycles. The van der Waals surface area contributed by atoms with Gasteiger partial charge >= 0.3 is 0 Å². The number of benzene rings is 1. The second kappa shape index (κ2) is 5.97. The number of thiocarbonyl (C=S) groups is 1. The number of halogens is 1. The summed E-state index contributed by atoms with van der Waals surface area (Å²) in [6, 6.07) is 7.78. The van der Waals surface area contributed by atoms with Crippen LogP contribution in [-0.2, 0) is 4.79 Å². The van der Waals surface area contributed by atoms with E-state index in [9.17, 15) is 4.79 Å². The molecule has 0 saturated carbocycles. The van der Waals surface area contributed by atoms with Gasteiger partial charge in [-0.1, -0.05) is 59.0 Å². The Hall–Kier alpha value is -0.690. The van der Waals surface area contributed by atoms with Gasteiger partial charge < -0.3 is 0 Å². The summed E-state index contributed by atoms with van der Waals surface area (Å²) in [6.45, 7) is 2.59. The van der Waals surface area contributed by atoms with Gasteiger partial charge in [-0.25, -0.2) is 10.4 Å². The molecule has 0 radical (unpaired) electrons. The second-order valence-electron chi connectivity index (χ2n) is 3.58. The molecule has 0 atom stereocenters. The van der Waals surface area contributed by atoms with Crippen molar-refractivity contribution in [2.75, 3.05) is 6.54 Å². The summed E-state index contributed by atoms with van der Waals surface area (Å²) in [6.07, 6.45) is 1.85. The zero-order valence-corrected chi connectivity index (χ0v) is 12.9. The number of rotatable bonds is 3. The van der Waals surface area contributed by atoms with Gasteiger partial charge in [-0.2, -0.15) is 0 Å². The number of nitrogens with one attached hydrogen (secondary N) is 1. The quantitative estimate of drug-likeness (QED) is 0.675. The molecule has 1 heterocycles. The number of thioether (sulfide) groups is 1. The van der Waals surface area contributed by atoms with Crippen molar-refractivity contribution < 1.29 is 4.79 Å². The third-order valence-electron chi connectivity index (χ3n) is 2.28. The smallest absolute Gasteiger partial charge is 0.267 e. The van der Waals surface area contributed by atoms with Crippen LogP contribution in [0.25, 0.3) is 6.08 Å². The van der Waals surface area contributed by atoms with E-state index in [-0.39, 0.29) is 5.91 Å². The van der Waals surface area contributed by atoms with Crippen molar-refractivity contribution in [3.8, 4) is 0 Å². The topological polar surface area (TPSA) is 32.3 Å². The third-order valence-corrected chi connectivity index (χ3v) is 4.11. The molecule has 3 nitrogen and oxygen atoms in total. The Morgan fingerprint density at radius 1 is 1.44 bits per heavy atom. The predicted molar refractivity (Wildman–Crippen MR) is 82.8 cm³/mol. The largest absolute Gasteiger partial charge is 0.280 e.